The second-order valence-corrected chi connectivity index (χ2v) is 5.26. The number of hydrogen-bond acceptors (Lipinski definition) is 2. The predicted molar refractivity (Wildman–Crippen MR) is 88.0 cm³/mol. The summed E-state index contributed by atoms with van der Waals surface area (Å²) < 4.78 is 7.08. The fraction of sp³-hybridized carbons (Fsp3) is 0.167. The average molecular weight is 294 g/mol. The Hall–Kier alpha value is -2.59. The minimum absolute atomic E-state index is 0.105. The van der Waals surface area contributed by atoms with Gasteiger partial charge in [-0.15, -0.1) is 0 Å². The predicted octanol–water partition coefficient (Wildman–Crippen LogP) is 3.58. The minimum atomic E-state index is -0.105. The zero-order valence-corrected chi connectivity index (χ0v) is 12.7. The van der Waals surface area contributed by atoms with Crippen LogP contribution in [-0.2, 0) is 18.4 Å². The summed E-state index contributed by atoms with van der Waals surface area (Å²) in [6.45, 7) is 0.526. The first-order valence-electron chi connectivity index (χ1n) is 7.12. The van der Waals surface area contributed by atoms with Crippen LogP contribution in [0.2, 0.25) is 0 Å². The number of carbonyl (C=O) groups excluding carboxylic acids is 1. The lowest BCUT2D eigenvalue weighted by molar-refractivity contribution is 0.102. The number of anilines is 1. The highest BCUT2D eigenvalue weighted by atomic mass is 16.5. The van der Waals surface area contributed by atoms with Gasteiger partial charge in [0.15, 0.2) is 0 Å². The van der Waals surface area contributed by atoms with Gasteiger partial charge in [0.1, 0.15) is 0 Å². The molecule has 0 aliphatic carbocycles. The van der Waals surface area contributed by atoms with E-state index >= 15 is 0 Å². The Morgan fingerprint density at radius 2 is 2.00 bits per heavy atom. The van der Waals surface area contributed by atoms with Gasteiger partial charge in [0.05, 0.1) is 12.2 Å². The van der Waals surface area contributed by atoms with E-state index in [4.69, 9.17) is 4.74 Å². The summed E-state index contributed by atoms with van der Waals surface area (Å²) in [5.74, 6) is -0.105. The Bertz CT molecular complexity index is 821. The summed E-state index contributed by atoms with van der Waals surface area (Å²) in [4.78, 5) is 12.6. The standard InChI is InChI=1S/C18H18N2O2/c1-20-11-16(15-8-3-4-9-17(15)20)18(21)19-14-7-5-6-13(10-14)12-22-2/h3-11H,12H2,1-2H3,(H,19,21). The van der Waals surface area contributed by atoms with Crippen molar-refractivity contribution in [2.45, 2.75) is 6.61 Å². The number of carbonyl (C=O) groups is 1. The number of methoxy groups -OCH3 is 1. The third-order valence-electron chi connectivity index (χ3n) is 3.64. The van der Waals surface area contributed by atoms with E-state index in [0.29, 0.717) is 12.2 Å². The van der Waals surface area contributed by atoms with E-state index in [9.17, 15) is 4.79 Å². The monoisotopic (exact) mass is 294 g/mol. The normalized spacial score (nSPS) is 10.8. The molecule has 0 radical (unpaired) electrons. The number of para-hydroxylation sites is 1. The molecule has 1 amide bonds. The summed E-state index contributed by atoms with van der Waals surface area (Å²) in [6.07, 6.45) is 1.86. The van der Waals surface area contributed by atoms with Gasteiger partial charge in [0, 0.05) is 36.9 Å². The lowest BCUT2D eigenvalue weighted by atomic mass is 10.1. The topological polar surface area (TPSA) is 43.3 Å². The van der Waals surface area contributed by atoms with Gasteiger partial charge in [-0.1, -0.05) is 30.3 Å². The number of fused-ring (bicyclic) bond motifs is 1. The lowest BCUT2D eigenvalue weighted by Gasteiger charge is -2.06. The molecule has 0 spiro atoms. The molecule has 4 nitrogen and oxygen atoms in total. The van der Waals surface area contributed by atoms with Crippen LogP contribution in [0.4, 0.5) is 5.69 Å². The molecule has 3 rings (SSSR count). The van der Waals surface area contributed by atoms with Crippen molar-refractivity contribution in [1.29, 1.82) is 0 Å². The molecule has 1 heterocycles. The van der Waals surface area contributed by atoms with E-state index in [-0.39, 0.29) is 5.91 Å². The molecule has 22 heavy (non-hydrogen) atoms. The molecule has 0 bridgehead atoms. The number of aromatic nitrogens is 1. The smallest absolute Gasteiger partial charge is 0.257 e. The quantitative estimate of drug-likeness (QED) is 0.799. The number of rotatable bonds is 4. The Morgan fingerprint density at radius 3 is 2.82 bits per heavy atom. The van der Waals surface area contributed by atoms with E-state index < -0.39 is 0 Å². The highest BCUT2D eigenvalue weighted by Gasteiger charge is 2.13. The van der Waals surface area contributed by atoms with E-state index in [2.05, 4.69) is 5.32 Å². The van der Waals surface area contributed by atoms with Crippen molar-refractivity contribution in [3.05, 3.63) is 65.9 Å². The Labute approximate surface area is 129 Å². The van der Waals surface area contributed by atoms with Crippen LogP contribution in [0.1, 0.15) is 15.9 Å². The second-order valence-electron chi connectivity index (χ2n) is 5.26. The maximum absolute atomic E-state index is 12.6. The van der Waals surface area contributed by atoms with E-state index in [1.54, 1.807) is 7.11 Å². The maximum atomic E-state index is 12.6. The van der Waals surface area contributed by atoms with Gasteiger partial charge in [0.25, 0.3) is 5.91 Å². The van der Waals surface area contributed by atoms with Gasteiger partial charge in [-0.3, -0.25) is 4.79 Å². The summed E-state index contributed by atoms with van der Waals surface area (Å²) in [7, 11) is 3.60. The van der Waals surface area contributed by atoms with Crippen molar-refractivity contribution in [2.24, 2.45) is 7.05 Å². The van der Waals surface area contributed by atoms with Crippen LogP contribution in [0, 0.1) is 0 Å². The van der Waals surface area contributed by atoms with Crippen LogP contribution in [-0.4, -0.2) is 17.6 Å². The van der Waals surface area contributed by atoms with Crippen molar-refractivity contribution >= 4 is 22.5 Å². The number of aryl methyl sites for hydroxylation is 1. The molecular weight excluding hydrogens is 276 g/mol. The molecule has 3 aromatic rings. The van der Waals surface area contributed by atoms with Crippen LogP contribution in [0.3, 0.4) is 0 Å². The molecule has 0 atom stereocenters. The third kappa shape index (κ3) is 2.73. The molecule has 0 fully saturated rings. The molecule has 1 aromatic heterocycles. The lowest BCUT2D eigenvalue weighted by Crippen LogP contribution is -2.11. The van der Waals surface area contributed by atoms with Gasteiger partial charge >= 0.3 is 0 Å². The highest BCUT2D eigenvalue weighted by Crippen LogP contribution is 2.21. The molecular formula is C18H18N2O2. The molecule has 1 N–H and O–H groups in total. The van der Waals surface area contributed by atoms with Crippen LogP contribution >= 0.6 is 0 Å². The average Bonchev–Trinajstić information content (AvgIpc) is 2.86. The van der Waals surface area contributed by atoms with Crippen LogP contribution < -0.4 is 5.32 Å². The number of nitrogens with one attached hydrogen (secondary N) is 1. The molecule has 2 aromatic carbocycles. The molecule has 0 aliphatic rings. The summed E-state index contributed by atoms with van der Waals surface area (Å²) >= 11 is 0. The van der Waals surface area contributed by atoms with Gasteiger partial charge in [-0.05, 0) is 23.8 Å². The Kier molecular flexibility index (Phi) is 3.94. The fourth-order valence-electron chi connectivity index (χ4n) is 2.63. The fourth-order valence-corrected chi connectivity index (χ4v) is 2.63. The highest BCUT2D eigenvalue weighted by molar-refractivity contribution is 6.12. The van der Waals surface area contributed by atoms with E-state index in [0.717, 1.165) is 22.2 Å². The van der Waals surface area contributed by atoms with Gasteiger partial charge in [-0.2, -0.15) is 0 Å². The first kappa shape index (κ1) is 14.4. The summed E-state index contributed by atoms with van der Waals surface area (Å²) in [5.41, 5.74) is 3.52. The Morgan fingerprint density at radius 1 is 1.18 bits per heavy atom. The Balaban J connectivity index is 1.89. The zero-order chi connectivity index (χ0) is 15.5. The van der Waals surface area contributed by atoms with Crippen molar-refractivity contribution in [2.75, 3.05) is 12.4 Å². The first-order valence-corrected chi connectivity index (χ1v) is 7.12. The van der Waals surface area contributed by atoms with E-state index in [1.165, 1.54) is 0 Å². The number of ether oxygens (including phenoxy) is 1. The van der Waals surface area contributed by atoms with Crippen LogP contribution in [0.25, 0.3) is 10.9 Å². The number of benzene rings is 2. The third-order valence-corrected chi connectivity index (χ3v) is 3.64. The molecule has 4 heteroatoms. The van der Waals surface area contributed by atoms with Crippen molar-refractivity contribution in [3.8, 4) is 0 Å². The second kappa shape index (κ2) is 6.03. The van der Waals surface area contributed by atoms with Crippen LogP contribution in [0.5, 0.6) is 0 Å². The van der Waals surface area contributed by atoms with Crippen molar-refractivity contribution in [1.82, 2.24) is 4.57 Å². The van der Waals surface area contributed by atoms with E-state index in [1.807, 2.05) is 66.3 Å². The van der Waals surface area contributed by atoms with Gasteiger partial charge in [-0.25, -0.2) is 0 Å². The molecule has 0 saturated carbocycles. The maximum Gasteiger partial charge on any atom is 0.257 e. The minimum Gasteiger partial charge on any atom is -0.380 e. The van der Waals surface area contributed by atoms with Gasteiger partial charge in [0.2, 0.25) is 0 Å². The summed E-state index contributed by atoms with van der Waals surface area (Å²) in [6, 6.07) is 15.6. The number of amides is 1. The van der Waals surface area contributed by atoms with Gasteiger partial charge < -0.3 is 14.6 Å². The van der Waals surface area contributed by atoms with Crippen LogP contribution in [0.15, 0.2) is 54.7 Å². The number of hydrogen-bond donors (Lipinski definition) is 1. The molecule has 0 aliphatic heterocycles. The SMILES string of the molecule is COCc1cccc(NC(=O)c2cn(C)c3ccccc23)c1. The van der Waals surface area contributed by atoms with Crippen molar-refractivity contribution < 1.29 is 9.53 Å². The first-order chi connectivity index (χ1) is 10.7. The largest absolute Gasteiger partial charge is 0.380 e. The number of nitrogens with zero attached hydrogens (tertiary/aromatic N) is 1. The summed E-state index contributed by atoms with van der Waals surface area (Å²) in [5, 5.41) is 3.91. The molecule has 112 valence electrons. The van der Waals surface area contributed by atoms with Crippen molar-refractivity contribution in [3.63, 3.8) is 0 Å². The molecule has 0 saturated heterocycles. The zero-order valence-electron chi connectivity index (χ0n) is 12.7. The molecule has 0 unspecified atom stereocenters.